The minimum atomic E-state index is -0.456. The molecule has 2 heteroatoms. The van der Waals surface area contributed by atoms with Crippen molar-refractivity contribution >= 4 is 0 Å². The van der Waals surface area contributed by atoms with E-state index in [2.05, 4.69) is 17.1 Å². The van der Waals surface area contributed by atoms with Crippen LogP contribution in [-0.2, 0) is 5.41 Å². The second-order valence-electron chi connectivity index (χ2n) is 5.06. The third-order valence-electron chi connectivity index (χ3n) is 4.12. The SMILES string of the molecule is OC(c1cccnc1)C1(c2ccccc2)CCC1. The predicted molar refractivity (Wildman–Crippen MR) is 71.2 cm³/mol. The van der Waals surface area contributed by atoms with Crippen LogP contribution in [0, 0.1) is 0 Å². The van der Waals surface area contributed by atoms with Crippen molar-refractivity contribution in [1.82, 2.24) is 4.98 Å². The van der Waals surface area contributed by atoms with Crippen molar-refractivity contribution in [2.45, 2.75) is 30.8 Å². The first-order valence-corrected chi connectivity index (χ1v) is 6.46. The van der Waals surface area contributed by atoms with E-state index in [9.17, 15) is 5.11 Å². The van der Waals surface area contributed by atoms with Crippen LogP contribution in [0.4, 0.5) is 0 Å². The Labute approximate surface area is 107 Å². The van der Waals surface area contributed by atoms with Crippen LogP contribution in [0.1, 0.15) is 36.5 Å². The number of rotatable bonds is 3. The number of aliphatic hydroxyl groups excluding tert-OH is 1. The molecule has 0 radical (unpaired) electrons. The lowest BCUT2D eigenvalue weighted by atomic mass is 9.60. The monoisotopic (exact) mass is 239 g/mol. The molecule has 2 aromatic rings. The Morgan fingerprint density at radius 1 is 1.06 bits per heavy atom. The predicted octanol–water partition coefficient (Wildman–Crippen LogP) is 3.24. The first kappa shape index (κ1) is 11.4. The number of nitrogens with zero attached hydrogens (tertiary/aromatic N) is 1. The van der Waals surface area contributed by atoms with Crippen LogP contribution >= 0.6 is 0 Å². The minimum absolute atomic E-state index is 0.107. The number of pyridine rings is 1. The summed E-state index contributed by atoms with van der Waals surface area (Å²) in [4.78, 5) is 4.11. The number of aromatic nitrogens is 1. The summed E-state index contributed by atoms with van der Waals surface area (Å²) in [6.07, 6.45) is 6.34. The van der Waals surface area contributed by atoms with E-state index in [1.165, 1.54) is 12.0 Å². The van der Waals surface area contributed by atoms with E-state index < -0.39 is 6.10 Å². The molecule has 1 saturated carbocycles. The first-order valence-electron chi connectivity index (χ1n) is 6.46. The molecule has 18 heavy (non-hydrogen) atoms. The lowest BCUT2D eigenvalue weighted by Gasteiger charge is -2.46. The van der Waals surface area contributed by atoms with Gasteiger partial charge in [-0.05, 0) is 30.0 Å². The first-order chi connectivity index (χ1) is 8.83. The molecular formula is C16H17NO. The molecule has 1 aromatic carbocycles. The van der Waals surface area contributed by atoms with Crippen LogP contribution in [0.25, 0.3) is 0 Å². The van der Waals surface area contributed by atoms with Crippen molar-refractivity contribution in [1.29, 1.82) is 0 Å². The summed E-state index contributed by atoms with van der Waals surface area (Å²) in [5.41, 5.74) is 2.05. The fourth-order valence-electron chi connectivity index (χ4n) is 2.90. The molecule has 0 saturated heterocycles. The highest BCUT2D eigenvalue weighted by molar-refractivity contribution is 5.33. The van der Waals surface area contributed by atoms with Gasteiger partial charge in [-0.1, -0.05) is 42.8 Å². The maximum absolute atomic E-state index is 10.7. The molecule has 0 amide bonds. The Morgan fingerprint density at radius 3 is 2.39 bits per heavy atom. The van der Waals surface area contributed by atoms with Crippen LogP contribution in [0.15, 0.2) is 54.9 Å². The fraction of sp³-hybridized carbons (Fsp3) is 0.312. The minimum Gasteiger partial charge on any atom is -0.387 e. The highest BCUT2D eigenvalue weighted by Gasteiger charge is 2.45. The van der Waals surface area contributed by atoms with Crippen molar-refractivity contribution in [3.63, 3.8) is 0 Å². The Morgan fingerprint density at radius 2 is 1.83 bits per heavy atom. The van der Waals surface area contributed by atoms with Gasteiger partial charge in [-0.25, -0.2) is 0 Å². The number of aliphatic hydroxyl groups is 1. The molecule has 1 heterocycles. The highest BCUT2D eigenvalue weighted by atomic mass is 16.3. The summed E-state index contributed by atoms with van der Waals surface area (Å²) in [6, 6.07) is 14.2. The smallest absolute Gasteiger partial charge is 0.0901 e. The Bertz CT molecular complexity index is 505. The largest absolute Gasteiger partial charge is 0.387 e. The third kappa shape index (κ3) is 1.73. The molecule has 3 rings (SSSR count). The maximum Gasteiger partial charge on any atom is 0.0901 e. The summed E-state index contributed by atoms with van der Waals surface area (Å²) >= 11 is 0. The van der Waals surface area contributed by atoms with Crippen molar-refractivity contribution in [2.75, 3.05) is 0 Å². The van der Waals surface area contributed by atoms with E-state index in [0.717, 1.165) is 18.4 Å². The normalized spacial score (nSPS) is 18.9. The van der Waals surface area contributed by atoms with Gasteiger partial charge >= 0.3 is 0 Å². The van der Waals surface area contributed by atoms with Gasteiger partial charge in [-0.2, -0.15) is 0 Å². The van der Waals surface area contributed by atoms with E-state index in [1.54, 1.807) is 12.4 Å². The number of hydrogen-bond acceptors (Lipinski definition) is 2. The molecule has 1 unspecified atom stereocenters. The molecule has 1 fully saturated rings. The van der Waals surface area contributed by atoms with Crippen molar-refractivity contribution < 1.29 is 5.11 Å². The van der Waals surface area contributed by atoms with Gasteiger partial charge in [0.15, 0.2) is 0 Å². The van der Waals surface area contributed by atoms with E-state index in [4.69, 9.17) is 0 Å². The van der Waals surface area contributed by atoms with Crippen LogP contribution in [0.3, 0.4) is 0 Å². The van der Waals surface area contributed by atoms with E-state index in [-0.39, 0.29) is 5.41 Å². The summed E-state index contributed by atoms with van der Waals surface area (Å²) < 4.78 is 0. The average molecular weight is 239 g/mol. The summed E-state index contributed by atoms with van der Waals surface area (Å²) in [5.74, 6) is 0. The van der Waals surface area contributed by atoms with Gasteiger partial charge in [-0.15, -0.1) is 0 Å². The van der Waals surface area contributed by atoms with Gasteiger partial charge < -0.3 is 5.11 Å². The lowest BCUT2D eigenvalue weighted by Crippen LogP contribution is -2.40. The molecule has 1 aliphatic rings. The zero-order chi connectivity index (χ0) is 12.4. The summed E-state index contributed by atoms with van der Waals surface area (Å²) in [5, 5.41) is 10.7. The second kappa shape index (κ2) is 4.54. The second-order valence-corrected chi connectivity index (χ2v) is 5.06. The van der Waals surface area contributed by atoms with Crippen molar-refractivity contribution in [3.05, 3.63) is 66.0 Å². The molecule has 1 aliphatic carbocycles. The standard InChI is InChI=1S/C16H17NO/c18-15(13-6-4-11-17-12-13)16(9-5-10-16)14-7-2-1-3-8-14/h1-4,6-8,11-12,15,18H,5,9-10H2. The van der Waals surface area contributed by atoms with E-state index >= 15 is 0 Å². The van der Waals surface area contributed by atoms with Crippen LogP contribution in [-0.4, -0.2) is 10.1 Å². The molecule has 92 valence electrons. The van der Waals surface area contributed by atoms with E-state index in [0.29, 0.717) is 0 Å². The van der Waals surface area contributed by atoms with Crippen LogP contribution < -0.4 is 0 Å². The van der Waals surface area contributed by atoms with Crippen molar-refractivity contribution in [3.8, 4) is 0 Å². The molecule has 0 bridgehead atoms. The zero-order valence-corrected chi connectivity index (χ0v) is 10.3. The van der Waals surface area contributed by atoms with Gasteiger partial charge in [0.2, 0.25) is 0 Å². The van der Waals surface area contributed by atoms with Gasteiger partial charge in [-0.3, -0.25) is 4.98 Å². The van der Waals surface area contributed by atoms with Crippen molar-refractivity contribution in [2.24, 2.45) is 0 Å². The van der Waals surface area contributed by atoms with Gasteiger partial charge in [0.25, 0.3) is 0 Å². The average Bonchev–Trinajstić information content (AvgIpc) is 2.40. The molecule has 0 aliphatic heterocycles. The Kier molecular flexibility index (Phi) is 2.88. The molecule has 2 nitrogen and oxygen atoms in total. The number of benzene rings is 1. The van der Waals surface area contributed by atoms with Crippen LogP contribution in [0.2, 0.25) is 0 Å². The zero-order valence-electron chi connectivity index (χ0n) is 10.3. The molecule has 1 N–H and O–H groups in total. The topological polar surface area (TPSA) is 33.1 Å². The molecule has 0 spiro atoms. The third-order valence-corrected chi connectivity index (χ3v) is 4.12. The quantitative estimate of drug-likeness (QED) is 0.892. The summed E-state index contributed by atoms with van der Waals surface area (Å²) in [6.45, 7) is 0. The van der Waals surface area contributed by atoms with Gasteiger partial charge in [0.1, 0.15) is 0 Å². The molecule has 1 atom stereocenters. The Balaban J connectivity index is 1.98. The number of hydrogen-bond donors (Lipinski definition) is 1. The van der Waals surface area contributed by atoms with Crippen LogP contribution in [0.5, 0.6) is 0 Å². The molecular weight excluding hydrogens is 222 g/mol. The Hall–Kier alpha value is -1.67. The van der Waals surface area contributed by atoms with E-state index in [1.807, 2.05) is 30.3 Å². The highest BCUT2D eigenvalue weighted by Crippen LogP contribution is 2.51. The maximum atomic E-state index is 10.7. The lowest BCUT2D eigenvalue weighted by molar-refractivity contribution is 0.0266. The molecule has 1 aromatic heterocycles. The fourth-order valence-corrected chi connectivity index (χ4v) is 2.90. The summed E-state index contributed by atoms with van der Waals surface area (Å²) in [7, 11) is 0. The van der Waals surface area contributed by atoms with Gasteiger partial charge in [0, 0.05) is 17.8 Å². The van der Waals surface area contributed by atoms with Gasteiger partial charge in [0.05, 0.1) is 6.10 Å².